The molecule has 0 saturated heterocycles. The lowest BCUT2D eigenvalue weighted by atomic mass is 10.0. The fourth-order valence-corrected chi connectivity index (χ4v) is 2.17. The highest BCUT2D eigenvalue weighted by atomic mass is 16.4. The third kappa shape index (κ3) is 8.24. The molecule has 0 rings (SSSR count). The normalized spacial score (nSPS) is 13.1. The molecule has 6 heteroatoms. The van der Waals surface area contributed by atoms with E-state index in [1.54, 1.807) is 13.8 Å². The number of carboxylic acid groups (broad SMARTS) is 1. The number of carbonyl (C=O) groups is 2. The molecular weight excluding hydrogens is 294 g/mol. The van der Waals surface area contributed by atoms with Crippen LogP contribution in [0.15, 0.2) is 11.8 Å². The number of nitriles is 1. The maximum Gasteiger partial charge on any atom is 0.326 e. The third-order valence-corrected chi connectivity index (χ3v) is 3.10. The van der Waals surface area contributed by atoms with Crippen molar-refractivity contribution in [2.75, 3.05) is 13.1 Å². The van der Waals surface area contributed by atoms with E-state index in [4.69, 9.17) is 5.11 Å². The molecule has 0 aliphatic rings. The molecule has 0 spiro atoms. The lowest BCUT2D eigenvalue weighted by Crippen LogP contribution is -2.45. The lowest BCUT2D eigenvalue weighted by Gasteiger charge is -2.25. The van der Waals surface area contributed by atoms with Crippen LogP contribution in [0.1, 0.15) is 41.5 Å². The standard InChI is InChI=1S/C17H29N3O3/c1-11(2)8-20(9-12(3)4)10-14(7-18)16(21)19-15(13(5)6)17(22)23/h10-13,15H,8-9H2,1-6H3,(H,19,21)(H,22,23)/b14-10-. The molecule has 0 aromatic rings. The topological polar surface area (TPSA) is 93.4 Å². The first-order chi connectivity index (χ1) is 10.6. The van der Waals surface area contributed by atoms with Crippen molar-refractivity contribution >= 4 is 11.9 Å². The van der Waals surface area contributed by atoms with Gasteiger partial charge in [-0.25, -0.2) is 4.79 Å². The molecule has 0 radical (unpaired) electrons. The Hall–Kier alpha value is -2.03. The quantitative estimate of drug-likeness (QED) is 0.501. The zero-order valence-corrected chi connectivity index (χ0v) is 15.0. The largest absolute Gasteiger partial charge is 0.480 e. The van der Waals surface area contributed by atoms with Crippen LogP contribution >= 0.6 is 0 Å². The van der Waals surface area contributed by atoms with E-state index in [9.17, 15) is 14.9 Å². The van der Waals surface area contributed by atoms with Gasteiger partial charge in [0, 0.05) is 19.3 Å². The zero-order valence-electron chi connectivity index (χ0n) is 15.0. The summed E-state index contributed by atoms with van der Waals surface area (Å²) in [5, 5.41) is 20.8. The fraction of sp³-hybridized carbons (Fsp3) is 0.706. The first-order valence-corrected chi connectivity index (χ1v) is 7.98. The first kappa shape index (κ1) is 21.0. The number of hydrogen-bond acceptors (Lipinski definition) is 4. The van der Waals surface area contributed by atoms with Crippen molar-refractivity contribution in [1.82, 2.24) is 10.2 Å². The maximum absolute atomic E-state index is 12.2. The number of carbonyl (C=O) groups excluding carboxylic acids is 1. The summed E-state index contributed by atoms with van der Waals surface area (Å²) in [6, 6.07) is 0.865. The fourth-order valence-electron chi connectivity index (χ4n) is 2.17. The third-order valence-electron chi connectivity index (χ3n) is 3.10. The minimum atomic E-state index is -1.10. The number of carboxylic acids is 1. The van der Waals surface area contributed by atoms with Gasteiger partial charge in [0.05, 0.1) is 0 Å². The summed E-state index contributed by atoms with van der Waals surface area (Å²) in [6.07, 6.45) is 1.54. The second-order valence-corrected chi connectivity index (χ2v) is 6.93. The highest BCUT2D eigenvalue weighted by Gasteiger charge is 2.25. The van der Waals surface area contributed by atoms with E-state index in [0.29, 0.717) is 11.8 Å². The first-order valence-electron chi connectivity index (χ1n) is 7.98. The summed E-state index contributed by atoms with van der Waals surface area (Å²) in [6.45, 7) is 13.1. The molecule has 23 heavy (non-hydrogen) atoms. The van der Waals surface area contributed by atoms with Crippen molar-refractivity contribution in [2.24, 2.45) is 17.8 Å². The summed E-state index contributed by atoms with van der Waals surface area (Å²) in [7, 11) is 0. The van der Waals surface area contributed by atoms with Crippen molar-refractivity contribution in [2.45, 2.75) is 47.6 Å². The summed E-state index contributed by atoms with van der Waals surface area (Å²) in [4.78, 5) is 25.3. The predicted molar refractivity (Wildman–Crippen MR) is 89.3 cm³/mol. The van der Waals surface area contributed by atoms with Gasteiger partial charge < -0.3 is 15.3 Å². The van der Waals surface area contributed by atoms with Crippen molar-refractivity contribution in [3.8, 4) is 6.07 Å². The van der Waals surface area contributed by atoms with Gasteiger partial charge in [0.1, 0.15) is 17.7 Å². The zero-order chi connectivity index (χ0) is 18.2. The molecule has 0 aromatic carbocycles. The van der Waals surface area contributed by atoms with Crippen molar-refractivity contribution in [3.63, 3.8) is 0 Å². The Morgan fingerprint density at radius 3 is 1.91 bits per heavy atom. The summed E-state index contributed by atoms with van der Waals surface area (Å²) in [5.74, 6) is -1.25. The minimum Gasteiger partial charge on any atom is -0.480 e. The average Bonchev–Trinajstić information content (AvgIpc) is 2.39. The summed E-state index contributed by atoms with van der Waals surface area (Å²) in [5.41, 5.74) is -0.0711. The van der Waals surface area contributed by atoms with Gasteiger partial charge in [-0.3, -0.25) is 4.79 Å². The van der Waals surface area contributed by atoms with E-state index in [-0.39, 0.29) is 11.5 Å². The number of aliphatic carboxylic acids is 1. The molecule has 0 bridgehead atoms. The molecule has 0 aliphatic carbocycles. The van der Waals surface area contributed by atoms with Gasteiger partial charge in [-0.15, -0.1) is 0 Å². The summed E-state index contributed by atoms with van der Waals surface area (Å²) < 4.78 is 0. The van der Waals surface area contributed by atoms with Crippen LogP contribution in [-0.4, -0.2) is 41.0 Å². The van der Waals surface area contributed by atoms with Crippen molar-refractivity contribution in [3.05, 3.63) is 11.8 Å². The highest BCUT2D eigenvalue weighted by molar-refractivity contribution is 5.99. The van der Waals surface area contributed by atoms with Gasteiger partial charge in [0.25, 0.3) is 5.91 Å². The molecule has 0 saturated carbocycles. The monoisotopic (exact) mass is 323 g/mol. The number of nitrogens with zero attached hydrogens (tertiary/aromatic N) is 2. The Morgan fingerprint density at radius 2 is 1.61 bits per heavy atom. The van der Waals surface area contributed by atoms with Crippen LogP contribution in [0, 0.1) is 29.1 Å². The molecule has 0 heterocycles. The van der Waals surface area contributed by atoms with Crippen LogP contribution in [0.3, 0.4) is 0 Å². The van der Waals surface area contributed by atoms with Crippen LogP contribution in [0.25, 0.3) is 0 Å². The Kier molecular flexibility index (Phi) is 9.01. The lowest BCUT2D eigenvalue weighted by molar-refractivity contribution is -0.142. The molecule has 1 amide bonds. The highest BCUT2D eigenvalue weighted by Crippen LogP contribution is 2.08. The van der Waals surface area contributed by atoms with Crippen LogP contribution in [0.4, 0.5) is 0 Å². The number of hydrogen-bond donors (Lipinski definition) is 2. The minimum absolute atomic E-state index is 0.0711. The Labute approximate surface area is 139 Å². The summed E-state index contributed by atoms with van der Waals surface area (Å²) >= 11 is 0. The van der Waals surface area contributed by atoms with Crippen molar-refractivity contribution in [1.29, 1.82) is 5.26 Å². The molecule has 1 unspecified atom stereocenters. The molecule has 0 aromatic heterocycles. The molecule has 1 atom stereocenters. The van der Waals surface area contributed by atoms with Crippen LogP contribution in [0.5, 0.6) is 0 Å². The van der Waals surface area contributed by atoms with Crippen LogP contribution in [0.2, 0.25) is 0 Å². The van der Waals surface area contributed by atoms with E-state index >= 15 is 0 Å². The number of rotatable bonds is 9. The van der Waals surface area contributed by atoms with Gasteiger partial charge in [-0.05, 0) is 17.8 Å². The van der Waals surface area contributed by atoms with E-state index in [1.807, 2.05) is 11.0 Å². The van der Waals surface area contributed by atoms with E-state index in [1.165, 1.54) is 6.20 Å². The van der Waals surface area contributed by atoms with Gasteiger partial charge in [0.2, 0.25) is 0 Å². The molecule has 2 N–H and O–H groups in total. The van der Waals surface area contributed by atoms with Crippen LogP contribution in [-0.2, 0) is 9.59 Å². The molecular formula is C17H29N3O3. The smallest absolute Gasteiger partial charge is 0.326 e. The maximum atomic E-state index is 12.2. The van der Waals surface area contributed by atoms with Gasteiger partial charge in [0.15, 0.2) is 0 Å². The SMILES string of the molecule is CC(C)CN(/C=C(/C#N)C(=O)NC(C(=O)O)C(C)C)CC(C)C. The van der Waals surface area contributed by atoms with Gasteiger partial charge in [-0.2, -0.15) is 5.26 Å². The van der Waals surface area contributed by atoms with E-state index in [0.717, 1.165) is 13.1 Å². The molecule has 0 fully saturated rings. The van der Waals surface area contributed by atoms with Crippen molar-refractivity contribution < 1.29 is 14.7 Å². The Morgan fingerprint density at radius 1 is 1.13 bits per heavy atom. The molecule has 6 nitrogen and oxygen atoms in total. The Balaban J connectivity index is 5.23. The predicted octanol–water partition coefficient (Wildman–Crippen LogP) is 2.23. The van der Waals surface area contributed by atoms with Gasteiger partial charge in [-0.1, -0.05) is 41.5 Å². The average molecular weight is 323 g/mol. The van der Waals surface area contributed by atoms with Gasteiger partial charge >= 0.3 is 5.97 Å². The molecule has 0 aliphatic heterocycles. The second kappa shape index (κ2) is 9.88. The van der Waals surface area contributed by atoms with E-state index in [2.05, 4.69) is 33.0 Å². The second-order valence-electron chi connectivity index (χ2n) is 6.93. The Bertz CT molecular complexity index is 466. The number of amides is 1. The van der Waals surface area contributed by atoms with E-state index < -0.39 is 17.9 Å². The molecule has 130 valence electrons. The van der Waals surface area contributed by atoms with Crippen LogP contribution < -0.4 is 5.32 Å². The number of nitrogens with one attached hydrogen (secondary N) is 1.